The summed E-state index contributed by atoms with van der Waals surface area (Å²) in [5.74, 6) is 0.480. The number of aryl methyl sites for hydroxylation is 1. The molecule has 7 heteroatoms. The molecular formula is C25H32Cl2N2O3. The van der Waals surface area contributed by atoms with Crippen molar-refractivity contribution in [2.45, 2.75) is 53.6 Å². The van der Waals surface area contributed by atoms with Crippen LogP contribution in [0.3, 0.4) is 0 Å². The third-order valence-electron chi connectivity index (χ3n) is 5.33. The van der Waals surface area contributed by atoms with E-state index in [4.69, 9.17) is 27.9 Å². The van der Waals surface area contributed by atoms with Gasteiger partial charge in [-0.05, 0) is 61.1 Å². The summed E-state index contributed by atoms with van der Waals surface area (Å²) in [6.45, 7) is 10.4. The van der Waals surface area contributed by atoms with Crippen LogP contribution in [-0.2, 0) is 16.1 Å². The zero-order valence-electron chi connectivity index (χ0n) is 19.4. The first-order chi connectivity index (χ1) is 15.1. The zero-order valence-corrected chi connectivity index (χ0v) is 20.9. The minimum absolute atomic E-state index is 0.177. The van der Waals surface area contributed by atoms with Crippen LogP contribution in [0.2, 0.25) is 10.0 Å². The van der Waals surface area contributed by atoms with Gasteiger partial charge in [0.2, 0.25) is 5.91 Å². The molecule has 0 aliphatic rings. The Bertz CT molecular complexity index is 947. The summed E-state index contributed by atoms with van der Waals surface area (Å²) in [6, 6.07) is 10.2. The highest BCUT2D eigenvalue weighted by atomic mass is 35.5. The van der Waals surface area contributed by atoms with Gasteiger partial charge in [0.25, 0.3) is 5.91 Å². The second-order valence-electron chi connectivity index (χ2n) is 8.31. The molecule has 2 amide bonds. The monoisotopic (exact) mass is 478 g/mol. The van der Waals surface area contributed by atoms with Crippen molar-refractivity contribution in [3.63, 3.8) is 0 Å². The molecule has 2 aromatic rings. The predicted molar refractivity (Wildman–Crippen MR) is 130 cm³/mol. The molecule has 0 aliphatic heterocycles. The van der Waals surface area contributed by atoms with Gasteiger partial charge < -0.3 is 15.0 Å². The van der Waals surface area contributed by atoms with Crippen molar-refractivity contribution in [1.82, 2.24) is 10.2 Å². The van der Waals surface area contributed by atoms with E-state index in [0.717, 1.165) is 11.1 Å². The molecule has 0 fully saturated rings. The van der Waals surface area contributed by atoms with E-state index >= 15 is 0 Å². The minimum Gasteiger partial charge on any atom is -0.483 e. The van der Waals surface area contributed by atoms with Crippen LogP contribution in [0.25, 0.3) is 0 Å². The lowest BCUT2D eigenvalue weighted by molar-refractivity contribution is -0.143. The number of nitrogens with zero attached hydrogens (tertiary/aromatic N) is 1. The van der Waals surface area contributed by atoms with E-state index in [1.165, 1.54) is 4.90 Å². The Morgan fingerprint density at radius 2 is 1.84 bits per heavy atom. The van der Waals surface area contributed by atoms with Gasteiger partial charge in [-0.25, -0.2) is 0 Å². The SMILES string of the molecule is CC[C@H](C(=O)NCC(C)C)N(Cc1ccc(Cl)cc1Cl)C(=O)COc1cccc(C)c1C. The second-order valence-corrected chi connectivity index (χ2v) is 9.15. The van der Waals surface area contributed by atoms with Crippen molar-refractivity contribution in [2.75, 3.05) is 13.2 Å². The highest BCUT2D eigenvalue weighted by Gasteiger charge is 2.29. The van der Waals surface area contributed by atoms with Crippen LogP contribution in [0, 0.1) is 19.8 Å². The molecule has 2 aromatic carbocycles. The molecule has 1 N–H and O–H groups in total. The maximum atomic E-state index is 13.3. The summed E-state index contributed by atoms with van der Waals surface area (Å²) >= 11 is 12.4. The lowest BCUT2D eigenvalue weighted by Crippen LogP contribution is -2.50. The van der Waals surface area contributed by atoms with Gasteiger partial charge in [0.1, 0.15) is 11.8 Å². The number of carbonyl (C=O) groups excluding carboxylic acids is 2. The number of carbonyl (C=O) groups is 2. The van der Waals surface area contributed by atoms with E-state index in [1.54, 1.807) is 18.2 Å². The number of rotatable bonds is 10. The summed E-state index contributed by atoms with van der Waals surface area (Å²) in [5, 5.41) is 3.90. The van der Waals surface area contributed by atoms with Crippen LogP contribution in [0.15, 0.2) is 36.4 Å². The van der Waals surface area contributed by atoms with Crippen molar-refractivity contribution < 1.29 is 14.3 Å². The van der Waals surface area contributed by atoms with E-state index in [9.17, 15) is 9.59 Å². The van der Waals surface area contributed by atoms with Crippen LogP contribution in [0.5, 0.6) is 5.75 Å². The summed E-state index contributed by atoms with van der Waals surface area (Å²) < 4.78 is 5.84. The van der Waals surface area contributed by atoms with Gasteiger partial charge in [0.05, 0.1) is 0 Å². The van der Waals surface area contributed by atoms with E-state index in [1.807, 2.05) is 52.8 Å². The van der Waals surface area contributed by atoms with E-state index < -0.39 is 6.04 Å². The summed E-state index contributed by atoms with van der Waals surface area (Å²) in [4.78, 5) is 27.8. The van der Waals surface area contributed by atoms with E-state index in [0.29, 0.717) is 40.2 Å². The lowest BCUT2D eigenvalue weighted by Gasteiger charge is -2.31. The molecule has 0 unspecified atom stereocenters. The van der Waals surface area contributed by atoms with Gasteiger partial charge in [0.15, 0.2) is 6.61 Å². The fourth-order valence-corrected chi connectivity index (χ4v) is 3.75. The Hall–Kier alpha value is -2.24. The van der Waals surface area contributed by atoms with Crippen LogP contribution in [0.1, 0.15) is 43.9 Å². The summed E-state index contributed by atoms with van der Waals surface area (Å²) in [5.41, 5.74) is 2.78. The third-order valence-corrected chi connectivity index (χ3v) is 5.92. The van der Waals surface area contributed by atoms with Crippen molar-refractivity contribution in [3.8, 4) is 5.75 Å². The van der Waals surface area contributed by atoms with Gasteiger partial charge >= 0.3 is 0 Å². The molecule has 0 saturated carbocycles. The Balaban J connectivity index is 2.27. The first-order valence-electron chi connectivity index (χ1n) is 10.8. The number of amides is 2. The van der Waals surface area contributed by atoms with Crippen molar-refractivity contribution in [1.29, 1.82) is 0 Å². The smallest absolute Gasteiger partial charge is 0.261 e. The Morgan fingerprint density at radius 3 is 2.47 bits per heavy atom. The summed E-state index contributed by atoms with van der Waals surface area (Å²) in [6.07, 6.45) is 0.463. The van der Waals surface area contributed by atoms with Gasteiger partial charge in [-0.2, -0.15) is 0 Å². The minimum atomic E-state index is -0.643. The number of hydrogen-bond acceptors (Lipinski definition) is 3. The molecule has 32 heavy (non-hydrogen) atoms. The molecule has 5 nitrogen and oxygen atoms in total. The molecule has 2 rings (SSSR count). The fraction of sp³-hybridized carbons (Fsp3) is 0.440. The third kappa shape index (κ3) is 7.14. The number of nitrogens with one attached hydrogen (secondary N) is 1. The summed E-state index contributed by atoms with van der Waals surface area (Å²) in [7, 11) is 0. The largest absolute Gasteiger partial charge is 0.483 e. The Morgan fingerprint density at radius 1 is 1.12 bits per heavy atom. The highest BCUT2D eigenvalue weighted by Crippen LogP contribution is 2.25. The van der Waals surface area contributed by atoms with E-state index in [-0.39, 0.29) is 25.0 Å². The van der Waals surface area contributed by atoms with Crippen molar-refractivity contribution >= 4 is 35.0 Å². The van der Waals surface area contributed by atoms with Gasteiger partial charge in [-0.1, -0.05) is 62.2 Å². The standard InChI is InChI=1S/C25H32Cl2N2O3/c1-6-22(25(31)28-13-16(2)3)29(14-19-10-11-20(26)12-21(19)27)24(30)15-32-23-9-7-8-17(4)18(23)5/h7-12,16,22H,6,13-15H2,1-5H3,(H,28,31)/t22-/m1/s1. The number of hydrogen-bond donors (Lipinski definition) is 1. The van der Waals surface area contributed by atoms with E-state index in [2.05, 4.69) is 5.32 Å². The number of ether oxygens (including phenoxy) is 1. The fourth-order valence-electron chi connectivity index (χ4n) is 3.28. The topological polar surface area (TPSA) is 58.6 Å². The van der Waals surface area contributed by atoms with Crippen LogP contribution in [-0.4, -0.2) is 35.9 Å². The first kappa shape index (κ1) is 26.0. The van der Waals surface area contributed by atoms with Gasteiger partial charge in [-0.3, -0.25) is 9.59 Å². The van der Waals surface area contributed by atoms with Gasteiger partial charge in [0, 0.05) is 23.1 Å². The molecule has 0 aliphatic carbocycles. The molecule has 174 valence electrons. The average Bonchev–Trinajstić information content (AvgIpc) is 2.74. The molecule has 0 aromatic heterocycles. The zero-order chi connectivity index (χ0) is 23.8. The second kappa shape index (κ2) is 12.1. The maximum Gasteiger partial charge on any atom is 0.261 e. The predicted octanol–water partition coefficient (Wildman–Crippen LogP) is 5.57. The normalized spacial score (nSPS) is 11.9. The van der Waals surface area contributed by atoms with Gasteiger partial charge in [-0.15, -0.1) is 0 Å². The molecule has 1 atom stereocenters. The maximum absolute atomic E-state index is 13.3. The van der Waals surface area contributed by atoms with Crippen LogP contribution < -0.4 is 10.1 Å². The Labute approximate surface area is 201 Å². The quantitative estimate of drug-likeness (QED) is 0.485. The molecule has 0 bridgehead atoms. The molecule has 0 saturated heterocycles. The van der Waals surface area contributed by atoms with Crippen LogP contribution in [0.4, 0.5) is 0 Å². The highest BCUT2D eigenvalue weighted by molar-refractivity contribution is 6.35. The molecule has 0 heterocycles. The van der Waals surface area contributed by atoms with Crippen LogP contribution >= 0.6 is 23.2 Å². The van der Waals surface area contributed by atoms with Crippen molar-refractivity contribution in [3.05, 3.63) is 63.1 Å². The molecule has 0 spiro atoms. The number of halogens is 2. The van der Waals surface area contributed by atoms with Crippen molar-refractivity contribution in [2.24, 2.45) is 5.92 Å². The Kier molecular flexibility index (Phi) is 9.85. The first-order valence-corrected chi connectivity index (χ1v) is 11.6. The number of benzene rings is 2. The lowest BCUT2D eigenvalue weighted by atomic mass is 10.1. The molecule has 0 radical (unpaired) electrons. The molecular weight excluding hydrogens is 447 g/mol. The average molecular weight is 479 g/mol.